The zero-order chi connectivity index (χ0) is 14.5. The summed E-state index contributed by atoms with van der Waals surface area (Å²) in [5, 5.41) is 0. The monoisotopic (exact) mass is 278 g/mol. The van der Waals surface area contributed by atoms with Crippen LogP contribution in [0.5, 0.6) is 0 Å². The van der Waals surface area contributed by atoms with Crippen LogP contribution in [0.1, 0.15) is 52.9 Å². The highest BCUT2D eigenvalue weighted by molar-refractivity contribution is 5.82. The van der Waals surface area contributed by atoms with Crippen molar-refractivity contribution in [3.63, 3.8) is 0 Å². The van der Waals surface area contributed by atoms with E-state index in [1.54, 1.807) is 0 Å². The van der Waals surface area contributed by atoms with Crippen molar-refractivity contribution in [1.82, 2.24) is 9.80 Å². The first-order valence-electron chi connectivity index (χ1n) is 7.98. The minimum Gasteiger partial charge on any atom is -0.340 e. The molecule has 0 bridgehead atoms. The second-order valence-corrected chi connectivity index (χ2v) is 7.69. The van der Waals surface area contributed by atoms with Crippen molar-refractivity contribution >= 4 is 11.8 Å². The average molecular weight is 278 g/mol. The van der Waals surface area contributed by atoms with E-state index in [2.05, 4.69) is 4.90 Å². The summed E-state index contributed by atoms with van der Waals surface area (Å²) in [6, 6.07) is 0.754. The second kappa shape index (κ2) is 4.74. The minimum absolute atomic E-state index is 0.227. The van der Waals surface area contributed by atoms with Crippen LogP contribution >= 0.6 is 0 Å². The molecule has 2 aliphatic heterocycles. The van der Waals surface area contributed by atoms with Gasteiger partial charge < -0.3 is 9.80 Å². The maximum absolute atomic E-state index is 12.5. The van der Waals surface area contributed by atoms with E-state index in [9.17, 15) is 9.59 Å². The van der Waals surface area contributed by atoms with Gasteiger partial charge in [-0.2, -0.15) is 0 Å². The zero-order valence-corrected chi connectivity index (χ0v) is 12.9. The van der Waals surface area contributed by atoms with Crippen LogP contribution in [-0.4, -0.2) is 46.8 Å². The highest BCUT2D eigenvalue weighted by atomic mass is 16.2. The number of hydrogen-bond donors (Lipinski definition) is 0. The Bertz CT molecular complexity index is 423. The van der Waals surface area contributed by atoms with Gasteiger partial charge in [-0.3, -0.25) is 9.59 Å². The highest BCUT2D eigenvalue weighted by Crippen LogP contribution is 2.39. The largest absolute Gasteiger partial charge is 0.340 e. The lowest BCUT2D eigenvalue weighted by Gasteiger charge is -2.48. The first-order valence-corrected chi connectivity index (χ1v) is 7.98. The second-order valence-electron chi connectivity index (χ2n) is 7.69. The standard InChI is InChI=1S/C16H26N2O2/c1-16(2,3)15(20)17-9-8-11-4-7-14(19)18(12-5-6-12)13(11)10-17/h11-13H,4-10H2,1-3H3. The summed E-state index contributed by atoms with van der Waals surface area (Å²) in [4.78, 5) is 28.8. The molecule has 20 heavy (non-hydrogen) atoms. The predicted octanol–water partition coefficient (Wildman–Crippen LogP) is 2.03. The Morgan fingerprint density at radius 2 is 1.85 bits per heavy atom. The predicted molar refractivity (Wildman–Crippen MR) is 77.0 cm³/mol. The molecule has 0 aromatic heterocycles. The fourth-order valence-corrected chi connectivity index (χ4v) is 3.74. The van der Waals surface area contributed by atoms with Crippen molar-refractivity contribution in [1.29, 1.82) is 0 Å². The molecule has 0 spiro atoms. The molecule has 2 atom stereocenters. The van der Waals surface area contributed by atoms with E-state index < -0.39 is 0 Å². The van der Waals surface area contributed by atoms with Gasteiger partial charge in [-0.1, -0.05) is 20.8 Å². The lowest BCUT2D eigenvalue weighted by molar-refractivity contribution is -0.150. The van der Waals surface area contributed by atoms with Crippen LogP contribution in [0.2, 0.25) is 0 Å². The van der Waals surface area contributed by atoms with Gasteiger partial charge in [0.25, 0.3) is 0 Å². The van der Waals surface area contributed by atoms with E-state index in [-0.39, 0.29) is 17.4 Å². The van der Waals surface area contributed by atoms with Crippen LogP contribution in [-0.2, 0) is 9.59 Å². The van der Waals surface area contributed by atoms with Gasteiger partial charge in [-0.25, -0.2) is 0 Å². The molecule has 0 radical (unpaired) electrons. The summed E-state index contributed by atoms with van der Waals surface area (Å²) in [6.07, 6.45) is 5.10. The van der Waals surface area contributed by atoms with Gasteiger partial charge >= 0.3 is 0 Å². The molecule has 3 rings (SSSR count). The lowest BCUT2D eigenvalue weighted by atomic mass is 9.82. The van der Waals surface area contributed by atoms with E-state index in [1.165, 1.54) is 0 Å². The molecular formula is C16H26N2O2. The van der Waals surface area contributed by atoms with Crippen molar-refractivity contribution in [2.24, 2.45) is 11.3 Å². The number of fused-ring (bicyclic) bond motifs is 1. The van der Waals surface area contributed by atoms with Crippen LogP contribution in [0.3, 0.4) is 0 Å². The summed E-state index contributed by atoms with van der Waals surface area (Å²) >= 11 is 0. The Hall–Kier alpha value is -1.06. The van der Waals surface area contributed by atoms with Crippen molar-refractivity contribution in [3.05, 3.63) is 0 Å². The van der Waals surface area contributed by atoms with Gasteiger partial charge in [-0.05, 0) is 31.6 Å². The normalized spacial score (nSPS) is 31.2. The van der Waals surface area contributed by atoms with Crippen LogP contribution in [0.15, 0.2) is 0 Å². The summed E-state index contributed by atoms with van der Waals surface area (Å²) in [7, 11) is 0. The molecule has 4 heteroatoms. The van der Waals surface area contributed by atoms with Gasteiger partial charge in [0.1, 0.15) is 0 Å². The van der Waals surface area contributed by atoms with Crippen molar-refractivity contribution < 1.29 is 9.59 Å². The molecule has 0 aromatic carbocycles. The molecular weight excluding hydrogens is 252 g/mol. The first-order chi connectivity index (χ1) is 9.38. The maximum atomic E-state index is 12.5. The number of nitrogens with zero attached hydrogens (tertiary/aromatic N) is 2. The number of carbonyl (C=O) groups excluding carboxylic acids is 2. The minimum atomic E-state index is -0.323. The van der Waals surface area contributed by atoms with Crippen molar-refractivity contribution in [3.8, 4) is 0 Å². The summed E-state index contributed by atoms with van der Waals surface area (Å²) in [5.41, 5.74) is -0.323. The lowest BCUT2D eigenvalue weighted by Crippen LogP contribution is -2.60. The van der Waals surface area contributed by atoms with E-state index in [0.29, 0.717) is 24.3 Å². The Labute approximate surface area is 121 Å². The number of rotatable bonds is 1. The average Bonchev–Trinajstić information content (AvgIpc) is 3.20. The molecule has 0 N–H and O–H groups in total. The fraction of sp³-hybridized carbons (Fsp3) is 0.875. The Balaban J connectivity index is 1.75. The molecule has 3 fully saturated rings. The van der Waals surface area contributed by atoms with Gasteiger partial charge in [0.05, 0.1) is 6.04 Å². The third kappa shape index (κ3) is 2.45. The topological polar surface area (TPSA) is 40.6 Å². The first kappa shape index (κ1) is 13.9. The fourth-order valence-electron chi connectivity index (χ4n) is 3.74. The van der Waals surface area contributed by atoms with Gasteiger partial charge in [0, 0.05) is 31.0 Å². The van der Waals surface area contributed by atoms with E-state index in [4.69, 9.17) is 0 Å². The highest BCUT2D eigenvalue weighted by Gasteiger charge is 2.46. The molecule has 2 amide bonds. The molecule has 112 valence electrons. The van der Waals surface area contributed by atoms with Crippen molar-refractivity contribution in [2.75, 3.05) is 13.1 Å². The number of hydrogen-bond acceptors (Lipinski definition) is 2. The van der Waals surface area contributed by atoms with Crippen LogP contribution in [0.25, 0.3) is 0 Å². The third-order valence-electron chi connectivity index (χ3n) is 4.96. The quantitative estimate of drug-likeness (QED) is 0.736. The molecule has 0 aromatic rings. The molecule has 2 unspecified atom stereocenters. The smallest absolute Gasteiger partial charge is 0.228 e. The molecule has 3 aliphatic rings. The van der Waals surface area contributed by atoms with Gasteiger partial charge in [0.2, 0.25) is 11.8 Å². The number of carbonyl (C=O) groups is 2. The number of piperidine rings is 2. The van der Waals surface area contributed by atoms with Crippen LogP contribution < -0.4 is 0 Å². The van der Waals surface area contributed by atoms with Crippen LogP contribution in [0, 0.1) is 11.3 Å². The Morgan fingerprint density at radius 1 is 1.15 bits per heavy atom. The van der Waals surface area contributed by atoms with Gasteiger partial charge in [0.15, 0.2) is 0 Å². The van der Waals surface area contributed by atoms with E-state index in [0.717, 1.165) is 38.8 Å². The maximum Gasteiger partial charge on any atom is 0.228 e. The number of amides is 2. The molecule has 1 aliphatic carbocycles. The third-order valence-corrected chi connectivity index (χ3v) is 4.96. The van der Waals surface area contributed by atoms with E-state index in [1.807, 2.05) is 25.7 Å². The summed E-state index contributed by atoms with van der Waals surface area (Å²) < 4.78 is 0. The Morgan fingerprint density at radius 3 is 2.45 bits per heavy atom. The summed E-state index contributed by atoms with van der Waals surface area (Å²) in [6.45, 7) is 7.55. The molecule has 1 saturated carbocycles. The molecule has 2 saturated heterocycles. The van der Waals surface area contributed by atoms with Gasteiger partial charge in [-0.15, -0.1) is 0 Å². The molecule has 4 nitrogen and oxygen atoms in total. The number of likely N-dealkylation sites (tertiary alicyclic amines) is 2. The SMILES string of the molecule is CC(C)(C)C(=O)N1CCC2CCC(=O)N(C3CC3)C2C1. The van der Waals surface area contributed by atoms with Crippen molar-refractivity contribution in [2.45, 2.75) is 65.0 Å². The van der Waals surface area contributed by atoms with Crippen LogP contribution in [0.4, 0.5) is 0 Å². The zero-order valence-electron chi connectivity index (χ0n) is 12.9. The Kier molecular flexibility index (Phi) is 3.30. The summed E-state index contributed by atoms with van der Waals surface area (Å²) in [5.74, 6) is 1.15. The molecule has 2 heterocycles. The van der Waals surface area contributed by atoms with E-state index >= 15 is 0 Å².